The quantitative estimate of drug-likeness (QED) is 0.806. The second kappa shape index (κ2) is 7.66. The Kier molecular flexibility index (Phi) is 5.87. The second-order valence-electron chi connectivity index (χ2n) is 5.73. The lowest BCUT2D eigenvalue weighted by atomic mass is 10.0. The lowest BCUT2D eigenvalue weighted by molar-refractivity contribution is 0.232. The zero-order valence-corrected chi connectivity index (χ0v) is 12.4. The predicted molar refractivity (Wildman–Crippen MR) is 82.4 cm³/mol. The van der Waals surface area contributed by atoms with Crippen LogP contribution in [0, 0.1) is 0 Å². The summed E-state index contributed by atoms with van der Waals surface area (Å²) in [6.07, 6.45) is 6.83. The minimum atomic E-state index is 0.495. The Labute approximate surface area is 118 Å². The van der Waals surface area contributed by atoms with Crippen LogP contribution in [0.4, 0.5) is 0 Å². The van der Waals surface area contributed by atoms with Crippen molar-refractivity contribution in [3.8, 4) is 0 Å². The number of nitrogens with one attached hydrogen (secondary N) is 1. The Morgan fingerprint density at radius 3 is 2.53 bits per heavy atom. The van der Waals surface area contributed by atoms with Gasteiger partial charge in [-0.05, 0) is 45.0 Å². The van der Waals surface area contributed by atoms with Gasteiger partial charge in [0.2, 0.25) is 0 Å². The van der Waals surface area contributed by atoms with Gasteiger partial charge in [-0.3, -0.25) is 0 Å². The van der Waals surface area contributed by atoms with Crippen molar-refractivity contribution in [2.45, 2.75) is 51.1 Å². The maximum atomic E-state index is 3.62. The van der Waals surface area contributed by atoms with Gasteiger partial charge in [0, 0.05) is 12.1 Å². The van der Waals surface area contributed by atoms with Crippen molar-refractivity contribution < 1.29 is 0 Å². The molecule has 0 aliphatic heterocycles. The van der Waals surface area contributed by atoms with Gasteiger partial charge in [-0.1, -0.05) is 50.1 Å². The summed E-state index contributed by atoms with van der Waals surface area (Å²) in [4.78, 5) is 2.57. The molecule has 0 heterocycles. The van der Waals surface area contributed by atoms with Crippen LogP contribution < -0.4 is 5.32 Å². The van der Waals surface area contributed by atoms with E-state index in [-0.39, 0.29) is 0 Å². The summed E-state index contributed by atoms with van der Waals surface area (Å²) in [5.41, 5.74) is 1.42. The SMILES string of the molecule is CCNC(CCN(C)C1CCCC1)c1ccccc1. The molecule has 0 saturated heterocycles. The molecule has 1 unspecified atom stereocenters. The highest BCUT2D eigenvalue weighted by atomic mass is 15.1. The molecular weight excluding hydrogens is 232 g/mol. The van der Waals surface area contributed by atoms with E-state index < -0.39 is 0 Å². The lowest BCUT2D eigenvalue weighted by Gasteiger charge is -2.27. The minimum absolute atomic E-state index is 0.495. The van der Waals surface area contributed by atoms with Crippen molar-refractivity contribution in [2.75, 3.05) is 20.1 Å². The fourth-order valence-electron chi connectivity index (χ4n) is 3.18. The van der Waals surface area contributed by atoms with E-state index >= 15 is 0 Å². The fourth-order valence-corrected chi connectivity index (χ4v) is 3.18. The Hall–Kier alpha value is -0.860. The van der Waals surface area contributed by atoms with Gasteiger partial charge in [-0.25, -0.2) is 0 Å². The molecule has 1 saturated carbocycles. The van der Waals surface area contributed by atoms with Crippen LogP contribution in [-0.4, -0.2) is 31.1 Å². The molecule has 1 aliphatic rings. The van der Waals surface area contributed by atoms with Gasteiger partial charge in [0.15, 0.2) is 0 Å². The van der Waals surface area contributed by atoms with Crippen LogP contribution in [0.25, 0.3) is 0 Å². The summed E-state index contributed by atoms with van der Waals surface area (Å²) < 4.78 is 0. The molecule has 1 aromatic carbocycles. The van der Waals surface area contributed by atoms with E-state index in [0.29, 0.717) is 6.04 Å². The molecule has 0 amide bonds. The molecule has 2 heteroatoms. The third-order valence-electron chi connectivity index (χ3n) is 4.37. The molecule has 0 bridgehead atoms. The van der Waals surface area contributed by atoms with E-state index in [1.807, 2.05) is 0 Å². The second-order valence-corrected chi connectivity index (χ2v) is 5.73. The first-order valence-electron chi connectivity index (χ1n) is 7.80. The van der Waals surface area contributed by atoms with E-state index in [1.165, 1.54) is 44.2 Å². The van der Waals surface area contributed by atoms with Crippen LogP contribution in [-0.2, 0) is 0 Å². The zero-order valence-electron chi connectivity index (χ0n) is 12.4. The van der Waals surface area contributed by atoms with Crippen molar-refractivity contribution in [2.24, 2.45) is 0 Å². The number of hydrogen-bond donors (Lipinski definition) is 1. The third kappa shape index (κ3) is 4.32. The number of benzene rings is 1. The molecular formula is C17H28N2. The lowest BCUT2D eigenvalue weighted by Crippen LogP contribution is -2.33. The molecule has 0 aromatic heterocycles. The first kappa shape index (κ1) is 14.5. The van der Waals surface area contributed by atoms with Crippen LogP contribution in [0.1, 0.15) is 50.6 Å². The largest absolute Gasteiger partial charge is 0.310 e. The minimum Gasteiger partial charge on any atom is -0.310 e. The molecule has 19 heavy (non-hydrogen) atoms. The Balaban J connectivity index is 1.86. The van der Waals surface area contributed by atoms with E-state index in [0.717, 1.165) is 12.6 Å². The molecule has 1 N–H and O–H groups in total. The van der Waals surface area contributed by atoms with Gasteiger partial charge in [-0.2, -0.15) is 0 Å². The molecule has 1 aliphatic carbocycles. The van der Waals surface area contributed by atoms with Crippen molar-refractivity contribution in [3.63, 3.8) is 0 Å². The van der Waals surface area contributed by atoms with Gasteiger partial charge in [0.05, 0.1) is 0 Å². The van der Waals surface area contributed by atoms with E-state index in [1.54, 1.807) is 0 Å². The van der Waals surface area contributed by atoms with E-state index in [4.69, 9.17) is 0 Å². The van der Waals surface area contributed by atoms with Crippen LogP contribution in [0.3, 0.4) is 0 Å². The average Bonchev–Trinajstić information content (AvgIpc) is 2.98. The third-order valence-corrected chi connectivity index (χ3v) is 4.37. The smallest absolute Gasteiger partial charge is 0.0332 e. The monoisotopic (exact) mass is 260 g/mol. The van der Waals surface area contributed by atoms with Crippen molar-refractivity contribution in [1.29, 1.82) is 0 Å². The molecule has 0 radical (unpaired) electrons. The molecule has 1 fully saturated rings. The Bertz CT molecular complexity index is 344. The summed E-state index contributed by atoms with van der Waals surface area (Å²) in [6, 6.07) is 12.2. The number of nitrogens with zero attached hydrogens (tertiary/aromatic N) is 1. The maximum Gasteiger partial charge on any atom is 0.0332 e. The van der Waals surface area contributed by atoms with Gasteiger partial charge < -0.3 is 10.2 Å². The average molecular weight is 260 g/mol. The normalized spacial score (nSPS) is 18.1. The number of rotatable bonds is 7. The summed E-state index contributed by atoms with van der Waals surface area (Å²) in [6.45, 7) is 4.42. The van der Waals surface area contributed by atoms with Crippen LogP contribution in [0.15, 0.2) is 30.3 Å². The van der Waals surface area contributed by atoms with Gasteiger partial charge in [0.25, 0.3) is 0 Å². The topological polar surface area (TPSA) is 15.3 Å². The molecule has 1 aromatic rings. The molecule has 0 spiro atoms. The van der Waals surface area contributed by atoms with E-state index in [2.05, 4.69) is 54.5 Å². The van der Waals surface area contributed by atoms with Crippen LogP contribution >= 0.6 is 0 Å². The van der Waals surface area contributed by atoms with Crippen LogP contribution in [0.2, 0.25) is 0 Å². The number of hydrogen-bond acceptors (Lipinski definition) is 2. The Morgan fingerprint density at radius 2 is 1.89 bits per heavy atom. The summed E-state index contributed by atoms with van der Waals surface area (Å²) in [5.74, 6) is 0. The van der Waals surface area contributed by atoms with Crippen molar-refractivity contribution in [1.82, 2.24) is 10.2 Å². The first-order chi connectivity index (χ1) is 9.31. The Morgan fingerprint density at radius 1 is 1.21 bits per heavy atom. The maximum absolute atomic E-state index is 3.62. The molecule has 1 atom stereocenters. The fraction of sp³-hybridized carbons (Fsp3) is 0.647. The standard InChI is InChI=1S/C17H28N2/c1-3-18-17(15-9-5-4-6-10-15)13-14-19(2)16-11-7-8-12-16/h4-6,9-10,16-18H,3,7-8,11-14H2,1-2H3. The van der Waals surface area contributed by atoms with E-state index in [9.17, 15) is 0 Å². The van der Waals surface area contributed by atoms with Gasteiger partial charge in [-0.15, -0.1) is 0 Å². The van der Waals surface area contributed by atoms with Crippen LogP contribution in [0.5, 0.6) is 0 Å². The molecule has 2 rings (SSSR count). The highest BCUT2D eigenvalue weighted by molar-refractivity contribution is 5.18. The summed E-state index contributed by atoms with van der Waals surface area (Å²) in [5, 5.41) is 3.62. The molecule has 2 nitrogen and oxygen atoms in total. The summed E-state index contributed by atoms with van der Waals surface area (Å²) in [7, 11) is 2.30. The predicted octanol–water partition coefficient (Wildman–Crippen LogP) is 3.60. The van der Waals surface area contributed by atoms with Crippen molar-refractivity contribution >= 4 is 0 Å². The van der Waals surface area contributed by atoms with Crippen molar-refractivity contribution in [3.05, 3.63) is 35.9 Å². The summed E-state index contributed by atoms with van der Waals surface area (Å²) >= 11 is 0. The van der Waals surface area contributed by atoms with Gasteiger partial charge >= 0.3 is 0 Å². The molecule has 106 valence electrons. The first-order valence-corrected chi connectivity index (χ1v) is 7.80. The zero-order chi connectivity index (χ0) is 13.5. The highest BCUT2D eigenvalue weighted by Gasteiger charge is 2.20. The highest BCUT2D eigenvalue weighted by Crippen LogP contribution is 2.24. The van der Waals surface area contributed by atoms with Gasteiger partial charge in [0.1, 0.15) is 0 Å².